The Kier molecular flexibility index (Phi) is 2.96. The molecule has 2 bridgehead atoms. The molecule has 2 aromatic rings. The average molecular weight is 285 g/mol. The monoisotopic (exact) mass is 285 g/mol. The number of fused-ring (bicyclic) bond motifs is 3. The van der Waals surface area contributed by atoms with E-state index < -0.39 is 0 Å². The van der Waals surface area contributed by atoms with Gasteiger partial charge in [-0.1, -0.05) is 0 Å². The van der Waals surface area contributed by atoms with Crippen LogP contribution < -0.4 is 0 Å². The van der Waals surface area contributed by atoms with Gasteiger partial charge in [-0.05, 0) is 32.0 Å². The maximum Gasteiger partial charge on any atom is 0.340 e. The number of hydrogen-bond donors (Lipinski definition) is 1. The second-order valence-corrected chi connectivity index (χ2v) is 6.15. The fraction of sp³-hybridized carbons (Fsp3) is 0.500. The van der Waals surface area contributed by atoms with Gasteiger partial charge in [0.15, 0.2) is 0 Å². The van der Waals surface area contributed by atoms with Crippen LogP contribution in [0.2, 0.25) is 0 Å². The van der Waals surface area contributed by atoms with Crippen molar-refractivity contribution in [3.05, 3.63) is 30.1 Å². The Morgan fingerprint density at radius 2 is 2.14 bits per heavy atom. The second kappa shape index (κ2) is 4.84. The normalized spacial score (nSPS) is 28.9. The molecule has 2 fully saturated rings. The molecule has 0 amide bonds. The van der Waals surface area contributed by atoms with Gasteiger partial charge in [-0.2, -0.15) is 0 Å². The van der Waals surface area contributed by atoms with Gasteiger partial charge in [-0.3, -0.25) is 0 Å². The lowest BCUT2D eigenvalue weighted by Gasteiger charge is -2.35. The molecule has 110 valence electrons. The van der Waals surface area contributed by atoms with Gasteiger partial charge in [-0.25, -0.2) is 9.78 Å². The first kappa shape index (κ1) is 12.8. The van der Waals surface area contributed by atoms with Crippen molar-refractivity contribution in [2.75, 3.05) is 7.05 Å². The summed E-state index contributed by atoms with van der Waals surface area (Å²) in [5, 5.41) is 0.832. The molecule has 5 heteroatoms. The topological polar surface area (TPSA) is 58.2 Å². The van der Waals surface area contributed by atoms with Crippen LogP contribution in [-0.4, -0.2) is 46.1 Å². The maximum absolute atomic E-state index is 12.4. The Hall–Kier alpha value is -1.88. The van der Waals surface area contributed by atoms with Crippen LogP contribution >= 0.6 is 0 Å². The summed E-state index contributed by atoms with van der Waals surface area (Å²) < 4.78 is 5.76. The number of nitrogens with one attached hydrogen (secondary N) is 1. The summed E-state index contributed by atoms with van der Waals surface area (Å²) in [5.74, 6) is -0.233. The number of carbonyl (C=O) groups excluding carboxylic acids is 1. The van der Waals surface area contributed by atoms with Crippen LogP contribution in [-0.2, 0) is 4.74 Å². The molecule has 3 atom stereocenters. The highest BCUT2D eigenvalue weighted by Gasteiger charge is 2.40. The van der Waals surface area contributed by atoms with Gasteiger partial charge >= 0.3 is 5.97 Å². The number of aromatic nitrogens is 2. The van der Waals surface area contributed by atoms with Crippen LogP contribution in [0.25, 0.3) is 11.0 Å². The van der Waals surface area contributed by atoms with E-state index in [-0.39, 0.29) is 12.1 Å². The van der Waals surface area contributed by atoms with E-state index in [1.165, 1.54) is 12.8 Å². The molecular weight excluding hydrogens is 266 g/mol. The van der Waals surface area contributed by atoms with Gasteiger partial charge in [0.1, 0.15) is 11.8 Å². The highest BCUT2D eigenvalue weighted by Crippen LogP contribution is 2.35. The molecule has 0 saturated carbocycles. The molecule has 1 N–H and O–H groups in total. The molecule has 2 aliphatic rings. The third kappa shape index (κ3) is 2.12. The lowest BCUT2D eigenvalue weighted by atomic mass is 10.0. The van der Waals surface area contributed by atoms with E-state index in [9.17, 15) is 4.79 Å². The predicted molar refractivity (Wildman–Crippen MR) is 79.1 cm³/mol. The minimum absolute atomic E-state index is 0.0489. The van der Waals surface area contributed by atoms with Crippen molar-refractivity contribution in [2.24, 2.45) is 0 Å². The van der Waals surface area contributed by atoms with E-state index in [0.29, 0.717) is 17.6 Å². The van der Waals surface area contributed by atoms with Crippen LogP contribution in [0.1, 0.15) is 36.0 Å². The Labute approximate surface area is 123 Å². The third-order valence-electron chi connectivity index (χ3n) is 5.00. The Morgan fingerprint density at radius 1 is 1.38 bits per heavy atom. The maximum atomic E-state index is 12.4. The van der Waals surface area contributed by atoms with E-state index >= 15 is 0 Å². The summed E-state index contributed by atoms with van der Waals surface area (Å²) in [6.07, 6.45) is 7.83. The summed E-state index contributed by atoms with van der Waals surface area (Å²) in [6, 6.07) is 4.88. The van der Waals surface area contributed by atoms with Crippen LogP contribution in [0.4, 0.5) is 0 Å². The molecule has 5 nitrogen and oxygen atoms in total. The number of nitrogens with zero attached hydrogens (tertiary/aromatic N) is 2. The van der Waals surface area contributed by atoms with Gasteiger partial charge in [0.25, 0.3) is 0 Å². The molecule has 2 aromatic heterocycles. The SMILES string of the molecule is CN1[C@@H]2CC[C@H]1CC(OC(=O)c1c[nH]c3ncccc13)C2. The van der Waals surface area contributed by atoms with E-state index in [1.54, 1.807) is 12.4 Å². The standard InChI is InChI=1S/C16H19N3O2/c1-19-10-4-5-11(19)8-12(7-10)21-16(20)14-9-18-15-13(14)3-2-6-17-15/h2-3,6,9-12H,4-5,7-8H2,1H3,(H,17,18)/t10-,11+,12?. The number of H-pyrrole nitrogens is 1. The summed E-state index contributed by atoms with van der Waals surface area (Å²) in [6.45, 7) is 0. The van der Waals surface area contributed by atoms with Gasteiger partial charge in [0.2, 0.25) is 0 Å². The summed E-state index contributed by atoms with van der Waals surface area (Å²) in [4.78, 5) is 22.1. The van der Waals surface area contributed by atoms with Gasteiger partial charge < -0.3 is 14.6 Å². The fourth-order valence-electron chi connectivity index (χ4n) is 3.80. The van der Waals surface area contributed by atoms with Crippen LogP contribution in [0, 0.1) is 0 Å². The molecule has 0 radical (unpaired) electrons. The molecular formula is C16H19N3O2. The van der Waals surface area contributed by atoms with Crippen molar-refractivity contribution >= 4 is 17.0 Å². The van der Waals surface area contributed by atoms with Crippen molar-refractivity contribution in [1.29, 1.82) is 0 Å². The fourth-order valence-corrected chi connectivity index (χ4v) is 3.80. The lowest BCUT2D eigenvalue weighted by molar-refractivity contribution is -0.000259. The second-order valence-electron chi connectivity index (χ2n) is 6.15. The predicted octanol–water partition coefficient (Wildman–Crippen LogP) is 2.34. The van der Waals surface area contributed by atoms with Crippen LogP contribution in [0.3, 0.4) is 0 Å². The minimum Gasteiger partial charge on any atom is -0.459 e. The Balaban J connectivity index is 1.51. The average Bonchev–Trinajstić information content (AvgIpc) is 2.98. The number of esters is 1. The zero-order chi connectivity index (χ0) is 14.4. The van der Waals surface area contributed by atoms with E-state index in [4.69, 9.17) is 4.74 Å². The summed E-state index contributed by atoms with van der Waals surface area (Å²) in [5.41, 5.74) is 1.32. The molecule has 0 spiro atoms. The van der Waals surface area contributed by atoms with Crippen molar-refractivity contribution in [1.82, 2.24) is 14.9 Å². The number of pyridine rings is 1. The third-order valence-corrected chi connectivity index (χ3v) is 5.00. The minimum atomic E-state index is -0.233. The van der Waals surface area contributed by atoms with Gasteiger partial charge in [0.05, 0.1) is 5.56 Å². The number of hydrogen-bond acceptors (Lipinski definition) is 4. The van der Waals surface area contributed by atoms with Crippen molar-refractivity contribution < 1.29 is 9.53 Å². The van der Waals surface area contributed by atoms with Crippen molar-refractivity contribution in [3.8, 4) is 0 Å². The van der Waals surface area contributed by atoms with Crippen molar-refractivity contribution in [2.45, 2.75) is 43.9 Å². The first-order valence-corrected chi connectivity index (χ1v) is 7.57. The largest absolute Gasteiger partial charge is 0.459 e. The zero-order valence-electron chi connectivity index (χ0n) is 12.1. The molecule has 1 unspecified atom stereocenters. The highest BCUT2D eigenvalue weighted by molar-refractivity contribution is 6.03. The summed E-state index contributed by atoms with van der Waals surface area (Å²) in [7, 11) is 2.19. The molecule has 0 aromatic carbocycles. The van der Waals surface area contributed by atoms with Gasteiger partial charge in [0, 0.05) is 42.7 Å². The first-order valence-electron chi connectivity index (χ1n) is 7.57. The Bertz CT molecular complexity index is 667. The summed E-state index contributed by atoms with van der Waals surface area (Å²) >= 11 is 0. The number of piperidine rings is 1. The molecule has 4 rings (SSSR count). The van der Waals surface area contributed by atoms with Gasteiger partial charge in [-0.15, -0.1) is 0 Å². The van der Waals surface area contributed by atoms with E-state index in [1.807, 2.05) is 12.1 Å². The molecule has 2 saturated heterocycles. The Morgan fingerprint density at radius 3 is 2.90 bits per heavy atom. The van der Waals surface area contributed by atoms with E-state index in [2.05, 4.69) is 21.9 Å². The molecule has 2 aliphatic heterocycles. The van der Waals surface area contributed by atoms with Crippen LogP contribution in [0.5, 0.6) is 0 Å². The lowest BCUT2D eigenvalue weighted by Crippen LogP contribution is -2.43. The van der Waals surface area contributed by atoms with Crippen LogP contribution in [0.15, 0.2) is 24.5 Å². The van der Waals surface area contributed by atoms with Crippen molar-refractivity contribution in [3.63, 3.8) is 0 Å². The molecule has 0 aliphatic carbocycles. The number of ether oxygens (including phenoxy) is 1. The quantitative estimate of drug-likeness (QED) is 0.860. The smallest absolute Gasteiger partial charge is 0.340 e. The molecule has 4 heterocycles. The highest BCUT2D eigenvalue weighted by atomic mass is 16.5. The molecule has 21 heavy (non-hydrogen) atoms. The number of aromatic amines is 1. The number of rotatable bonds is 2. The first-order chi connectivity index (χ1) is 10.2. The zero-order valence-corrected chi connectivity index (χ0v) is 12.1. The number of carbonyl (C=O) groups is 1. The van der Waals surface area contributed by atoms with E-state index in [0.717, 1.165) is 23.9 Å².